The molecule has 0 bridgehead atoms. The Hall–Kier alpha value is -1.92. The largest absolute Gasteiger partial charge is 0.322 e. The molecule has 2 N–H and O–H groups in total. The van der Waals surface area contributed by atoms with Gasteiger partial charge in [-0.3, -0.25) is 19.4 Å². The van der Waals surface area contributed by atoms with Crippen molar-refractivity contribution in [2.45, 2.75) is 38.3 Å². The number of likely N-dealkylation sites (tertiary alicyclic amines) is 1. The molecule has 0 aromatic heterocycles. The maximum Gasteiger partial charge on any atom is 0.250 e. The summed E-state index contributed by atoms with van der Waals surface area (Å²) in [6.07, 6.45) is 2.22. The van der Waals surface area contributed by atoms with Crippen LogP contribution in [0.2, 0.25) is 0 Å². The van der Waals surface area contributed by atoms with Gasteiger partial charge in [0.05, 0.1) is 17.9 Å². The lowest BCUT2D eigenvalue weighted by molar-refractivity contribution is -0.127. The van der Waals surface area contributed by atoms with Crippen LogP contribution in [-0.4, -0.2) is 55.0 Å². The van der Waals surface area contributed by atoms with Crippen LogP contribution in [0.3, 0.4) is 0 Å². The summed E-state index contributed by atoms with van der Waals surface area (Å²) in [4.78, 5) is 29.4. The molecular weight excluding hydrogens is 304 g/mol. The van der Waals surface area contributed by atoms with E-state index in [9.17, 15) is 9.59 Å². The highest BCUT2D eigenvalue weighted by molar-refractivity contribution is 6.14. The molecule has 2 amide bonds. The summed E-state index contributed by atoms with van der Waals surface area (Å²) in [5.74, 6) is -0.180. The molecule has 1 fully saturated rings. The molecule has 1 saturated heterocycles. The Bertz CT molecular complexity index is 644. The van der Waals surface area contributed by atoms with Crippen LogP contribution in [0.25, 0.3) is 0 Å². The highest BCUT2D eigenvalue weighted by atomic mass is 16.2. The van der Waals surface area contributed by atoms with Crippen molar-refractivity contribution in [3.63, 3.8) is 0 Å². The molecule has 0 spiro atoms. The Labute approximate surface area is 143 Å². The first-order chi connectivity index (χ1) is 11.4. The van der Waals surface area contributed by atoms with Crippen LogP contribution in [0.4, 0.5) is 11.4 Å². The van der Waals surface area contributed by atoms with Crippen molar-refractivity contribution in [2.75, 3.05) is 36.9 Å². The lowest BCUT2D eigenvalue weighted by Crippen LogP contribution is -2.60. The molecule has 6 nitrogen and oxygen atoms in total. The molecule has 1 atom stereocenters. The second-order valence-corrected chi connectivity index (χ2v) is 7.12. The van der Waals surface area contributed by atoms with E-state index in [1.54, 1.807) is 18.7 Å². The number of carbonyl (C=O) groups excluding carboxylic acids is 2. The number of piperidine rings is 1. The number of benzene rings is 1. The number of anilines is 2. The van der Waals surface area contributed by atoms with Crippen molar-refractivity contribution >= 4 is 23.2 Å². The van der Waals surface area contributed by atoms with Crippen LogP contribution in [0.5, 0.6) is 0 Å². The Morgan fingerprint density at radius 1 is 1.38 bits per heavy atom. The number of likely N-dealkylation sites (N-methyl/N-ethyl adjacent to an activating group) is 1. The van der Waals surface area contributed by atoms with E-state index in [1.807, 2.05) is 31.3 Å². The molecule has 0 aliphatic carbocycles. The Balaban J connectivity index is 1.83. The fourth-order valence-electron chi connectivity index (χ4n) is 3.60. The molecule has 1 aromatic carbocycles. The van der Waals surface area contributed by atoms with Crippen LogP contribution in [0.15, 0.2) is 24.3 Å². The van der Waals surface area contributed by atoms with Crippen molar-refractivity contribution in [1.29, 1.82) is 0 Å². The molecule has 0 radical (unpaired) electrons. The first-order valence-corrected chi connectivity index (χ1v) is 8.56. The number of amides is 2. The highest BCUT2D eigenvalue weighted by Crippen LogP contribution is 2.36. The second-order valence-electron chi connectivity index (χ2n) is 7.12. The number of carbonyl (C=O) groups is 2. The first-order valence-electron chi connectivity index (χ1n) is 8.56. The van der Waals surface area contributed by atoms with Gasteiger partial charge in [0.1, 0.15) is 5.54 Å². The highest BCUT2D eigenvalue weighted by Gasteiger charge is 2.43. The van der Waals surface area contributed by atoms with E-state index in [4.69, 9.17) is 0 Å². The Morgan fingerprint density at radius 3 is 2.88 bits per heavy atom. The predicted octanol–water partition coefficient (Wildman–Crippen LogP) is 1.43. The number of hydrogen-bond donors (Lipinski definition) is 2. The van der Waals surface area contributed by atoms with Crippen molar-refractivity contribution in [3.05, 3.63) is 24.3 Å². The summed E-state index contributed by atoms with van der Waals surface area (Å²) in [6.45, 7) is 5.71. The number of nitrogens with one attached hydrogen (secondary N) is 2. The van der Waals surface area contributed by atoms with Gasteiger partial charge in [-0.1, -0.05) is 12.1 Å². The van der Waals surface area contributed by atoms with Gasteiger partial charge in [-0.15, -0.1) is 0 Å². The smallest absolute Gasteiger partial charge is 0.250 e. The molecule has 1 aromatic rings. The average Bonchev–Trinajstić information content (AvgIpc) is 2.55. The lowest BCUT2D eigenvalue weighted by Gasteiger charge is -2.43. The van der Waals surface area contributed by atoms with Gasteiger partial charge in [0, 0.05) is 12.6 Å². The molecule has 2 heterocycles. The van der Waals surface area contributed by atoms with Crippen LogP contribution >= 0.6 is 0 Å². The van der Waals surface area contributed by atoms with Gasteiger partial charge in [0.2, 0.25) is 11.8 Å². The molecular formula is C18H26N4O2. The number of nitrogens with zero attached hydrogens (tertiary/aromatic N) is 2. The lowest BCUT2D eigenvalue weighted by atomic mass is 9.96. The molecule has 3 rings (SSSR count). The third kappa shape index (κ3) is 3.03. The van der Waals surface area contributed by atoms with Crippen molar-refractivity contribution in [2.24, 2.45) is 0 Å². The predicted molar refractivity (Wildman–Crippen MR) is 95.2 cm³/mol. The quantitative estimate of drug-likeness (QED) is 0.880. The molecule has 2 aliphatic heterocycles. The summed E-state index contributed by atoms with van der Waals surface area (Å²) < 4.78 is 0. The molecule has 0 saturated carbocycles. The Morgan fingerprint density at radius 2 is 2.12 bits per heavy atom. The van der Waals surface area contributed by atoms with E-state index in [-0.39, 0.29) is 11.8 Å². The van der Waals surface area contributed by atoms with Crippen LogP contribution < -0.4 is 15.5 Å². The van der Waals surface area contributed by atoms with E-state index in [0.29, 0.717) is 18.3 Å². The second kappa shape index (κ2) is 6.53. The van der Waals surface area contributed by atoms with Gasteiger partial charge in [-0.05, 0) is 52.4 Å². The van der Waals surface area contributed by atoms with Gasteiger partial charge < -0.3 is 10.6 Å². The zero-order valence-electron chi connectivity index (χ0n) is 14.6. The summed E-state index contributed by atoms with van der Waals surface area (Å²) in [5, 5.41) is 6.19. The van der Waals surface area contributed by atoms with Gasteiger partial charge >= 0.3 is 0 Å². The van der Waals surface area contributed by atoms with Crippen LogP contribution in [0.1, 0.15) is 26.7 Å². The minimum absolute atomic E-state index is 0.0287. The Kier molecular flexibility index (Phi) is 4.60. The average molecular weight is 330 g/mol. The molecule has 6 heteroatoms. The number of fused-ring (bicyclic) bond motifs is 1. The fourth-order valence-corrected chi connectivity index (χ4v) is 3.60. The number of hydrogen-bond acceptors (Lipinski definition) is 4. The fraction of sp³-hybridized carbons (Fsp3) is 0.556. The van der Waals surface area contributed by atoms with Gasteiger partial charge in [0.15, 0.2) is 0 Å². The number of rotatable bonds is 3. The molecule has 130 valence electrons. The summed E-state index contributed by atoms with van der Waals surface area (Å²) in [5.41, 5.74) is 0.570. The first kappa shape index (κ1) is 16.9. The van der Waals surface area contributed by atoms with Gasteiger partial charge in [-0.25, -0.2) is 0 Å². The van der Waals surface area contributed by atoms with Crippen LogP contribution in [0, 0.1) is 0 Å². The SMILES string of the molecule is CNC1CCCN(CC(=O)N2c3ccccc3NC(=O)C2(C)C)C1. The van der Waals surface area contributed by atoms with E-state index < -0.39 is 5.54 Å². The maximum atomic E-state index is 13.1. The molecule has 24 heavy (non-hydrogen) atoms. The topological polar surface area (TPSA) is 64.7 Å². The van der Waals surface area contributed by atoms with Gasteiger partial charge in [-0.2, -0.15) is 0 Å². The van der Waals surface area contributed by atoms with Crippen molar-refractivity contribution < 1.29 is 9.59 Å². The van der Waals surface area contributed by atoms with E-state index in [0.717, 1.165) is 31.6 Å². The van der Waals surface area contributed by atoms with E-state index >= 15 is 0 Å². The zero-order valence-corrected chi connectivity index (χ0v) is 14.6. The van der Waals surface area contributed by atoms with Crippen LogP contribution in [-0.2, 0) is 9.59 Å². The van der Waals surface area contributed by atoms with Gasteiger partial charge in [0.25, 0.3) is 0 Å². The van der Waals surface area contributed by atoms with Crippen molar-refractivity contribution in [3.8, 4) is 0 Å². The maximum absolute atomic E-state index is 13.1. The summed E-state index contributed by atoms with van der Waals surface area (Å²) in [6, 6.07) is 7.91. The summed E-state index contributed by atoms with van der Waals surface area (Å²) in [7, 11) is 1.96. The minimum atomic E-state index is -0.899. The standard InChI is InChI=1S/C18H26N4O2/c1-18(2)17(24)20-14-8-4-5-9-15(14)22(18)16(23)12-21-10-6-7-13(11-21)19-3/h4-5,8-9,13,19H,6-7,10-12H2,1-3H3,(H,20,24). The third-order valence-corrected chi connectivity index (χ3v) is 5.03. The number of para-hydroxylation sites is 2. The van der Waals surface area contributed by atoms with Crippen molar-refractivity contribution in [1.82, 2.24) is 10.2 Å². The summed E-state index contributed by atoms with van der Waals surface area (Å²) >= 11 is 0. The zero-order chi connectivity index (χ0) is 17.3. The molecule has 2 aliphatic rings. The third-order valence-electron chi connectivity index (χ3n) is 5.03. The van der Waals surface area contributed by atoms with E-state index in [2.05, 4.69) is 15.5 Å². The van der Waals surface area contributed by atoms with E-state index in [1.165, 1.54) is 0 Å². The normalized spacial score (nSPS) is 23.5. The monoisotopic (exact) mass is 330 g/mol. The molecule has 1 unspecified atom stereocenters. The minimum Gasteiger partial charge on any atom is -0.322 e.